The van der Waals surface area contributed by atoms with Gasteiger partial charge >= 0.3 is 0 Å². The minimum atomic E-state index is 0.0994. The zero-order valence-electron chi connectivity index (χ0n) is 14.1. The summed E-state index contributed by atoms with van der Waals surface area (Å²) in [6.07, 6.45) is 3.11. The Hall–Kier alpha value is -0.870. The fraction of sp³-hybridized carbons (Fsp3) is 0.812. The maximum Gasteiger partial charge on any atom is 0.0776 e. The van der Waals surface area contributed by atoms with Crippen molar-refractivity contribution in [3.8, 4) is 0 Å². The molecule has 0 spiro atoms. The minimum absolute atomic E-state index is 0.0994. The van der Waals surface area contributed by atoms with E-state index in [0.29, 0.717) is 6.04 Å². The summed E-state index contributed by atoms with van der Waals surface area (Å²) in [6, 6.07) is 2.79. The van der Waals surface area contributed by atoms with Crippen molar-refractivity contribution in [1.29, 1.82) is 0 Å². The zero-order chi connectivity index (χ0) is 15.3. The van der Waals surface area contributed by atoms with E-state index in [2.05, 4.69) is 64.2 Å². The highest BCUT2D eigenvalue weighted by Crippen LogP contribution is 2.26. The number of nitrogens with one attached hydrogen (secondary N) is 1. The predicted octanol–water partition coefficient (Wildman–Crippen LogP) is 3.05. The third-order valence-corrected chi connectivity index (χ3v) is 3.56. The van der Waals surface area contributed by atoms with E-state index in [1.165, 1.54) is 0 Å². The molecule has 2 unspecified atom stereocenters. The molecule has 0 aliphatic rings. The SMILES string of the molecule is CCNC(Cc1ccn(C(C)C)n1)C(OC)C(C)(C)C. The molecule has 2 atom stereocenters. The number of aromatic nitrogens is 2. The first-order valence-corrected chi connectivity index (χ1v) is 7.59. The summed E-state index contributed by atoms with van der Waals surface area (Å²) >= 11 is 0. The van der Waals surface area contributed by atoms with Gasteiger partial charge in [-0.05, 0) is 31.9 Å². The van der Waals surface area contributed by atoms with Gasteiger partial charge in [0.05, 0.1) is 11.8 Å². The van der Waals surface area contributed by atoms with Crippen LogP contribution in [-0.4, -0.2) is 35.6 Å². The molecule has 1 N–H and O–H groups in total. The van der Waals surface area contributed by atoms with Gasteiger partial charge in [0.25, 0.3) is 0 Å². The Kier molecular flexibility index (Phi) is 6.21. The summed E-state index contributed by atoms with van der Waals surface area (Å²) in [7, 11) is 1.80. The van der Waals surface area contributed by atoms with E-state index in [4.69, 9.17) is 4.74 Å². The van der Waals surface area contributed by atoms with E-state index in [0.717, 1.165) is 18.7 Å². The highest BCUT2D eigenvalue weighted by Gasteiger charge is 2.32. The number of methoxy groups -OCH3 is 1. The van der Waals surface area contributed by atoms with Gasteiger partial charge in [-0.1, -0.05) is 27.7 Å². The highest BCUT2D eigenvalue weighted by molar-refractivity contribution is 5.04. The summed E-state index contributed by atoms with van der Waals surface area (Å²) in [4.78, 5) is 0. The summed E-state index contributed by atoms with van der Waals surface area (Å²) in [6.45, 7) is 14.0. The van der Waals surface area contributed by atoms with Crippen LogP contribution in [0.5, 0.6) is 0 Å². The van der Waals surface area contributed by atoms with Gasteiger partial charge in [-0.2, -0.15) is 5.10 Å². The highest BCUT2D eigenvalue weighted by atomic mass is 16.5. The van der Waals surface area contributed by atoms with Gasteiger partial charge in [0.1, 0.15) is 0 Å². The summed E-state index contributed by atoms with van der Waals surface area (Å²) in [5, 5.41) is 8.20. The number of likely N-dealkylation sites (N-methyl/N-ethyl adjacent to an activating group) is 1. The monoisotopic (exact) mass is 281 g/mol. The van der Waals surface area contributed by atoms with Crippen LogP contribution in [0, 0.1) is 5.41 Å². The molecular formula is C16H31N3O. The maximum atomic E-state index is 5.76. The lowest BCUT2D eigenvalue weighted by Crippen LogP contribution is -2.49. The first kappa shape index (κ1) is 17.2. The first-order valence-electron chi connectivity index (χ1n) is 7.59. The molecular weight excluding hydrogens is 250 g/mol. The van der Waals surface area contributed by atoms with E-state index >= 15 is 0 Å². The molecule has 116 valence electrons. The van der Waals surface area contributed by atoms with Gasteiger partial charge in [-0.25, -0.2) is 0 Å². The summed E-state index contributed by atoms with van der Waals surface area (Å²) < 4.78 is 7.77. The van der Waals surface area contributed by atoms with Gasteiger partial charge < -0.3 is 10.1 Å². The quantitative estimate of drug-likeness (QED) is 0.835. The Labute approximate surface area is 123 Å². The van der Waals surface area contributed by atoms with Gasteiger partial charge in [0.15, 0.2) is 0 Å². The molecule has 4 nitrogen and oxygen atoms in total. The Morgan fingerprint density at radius 1 is 1.35 bits per heavy atom. The molecule has 0 saturated carbocycles. The molecule has 1 heterocycles. The van der Waals surface area contributed by atoms with Gasteiger partial charge in [0, 0.05) is 31.8 Å². The molecule has 20 heavy (non-hydrogen) atoms. The van der Waals surface area contributed by atoms with Crippen LogP contribution in [0.1, 0.15) is 53.3 Å². The number of nitrogens with zero attached hydrogens (tertiary/aromatic N) is 2. The molecule has 0 aliphatic carbocycles. The summed E-state index contributed by atoms with van der Waals surface area (Å²) in [5.74, 6) is 0. The van der Waals surface area contributed by atoms with Crippen LogP contribution in [0.3, 0.4) is 0 Å². The van der Waals surface area contributed by atoms with Crippen LogP contribution in [0.15, 0.2) is 12.3 Å². The molecule has 0 bridgehead atoms. The molecule has 1 aromatic heterocycles. The average molecular weight is 281 g/mol. The van der Waals surface area contributed by atoms with E-state index in [-0.39, 0.29) is 17.6 Å². The van der Waals surface area contributed by atoms with Crippen LogP contribution >= 0.6 is 0 Å². The largest absolute Gasteiger partial charge is 0.379 e. The van der Waals surface area contributed by atoms with E-state index in [9.17, 15) is 0 Å². The van der Waals surface area contributed by atoms with E-state index < -0.39 is 0 Å². The molecule has 0 aliphatic heterocycles. The van der Waals surface area contributed by atoms with Crippen LogP contribution in [-0.2, 0) is 11.2 Å². The molecule has 4 heteroatoms. The van der Waals surface area contributed by atoms with Crippen molar-refractivity contribution in [2.24, 2.45) is 5.41 Å². The van der Waals surface area contributed by atoms with Gasteiger partial charge in [-0.15, -0.1) is 0 Å². The lowest BCUT2D eigenvalue weighted by molar-refractivity contribution is -0.0108. The lowest BCUT2D eigenvalue weighted by Gasteiger charge is -2.36. The Balaban J connectivity index is 2.84. The predicted molar refractivity (Wildman–Crippen MR) is 84.0 cm³/mol. The lowest BCUT2D eigenvalue weighted by atomic mass is 9.83. The van der Waals surface area contributed by atoms with Crippen molar-refractivity contribution in [2.45, 2.75) is 66.2 Å². The molecule has 0 fully saturated rings. The Morgan fingerprint density at radius 2 is 2.00 bits per heavy atom. The van der Waals surface area contributed by atoms with Gasteiger partial charge in [0.2, 0.25) is 0 Å². The van der Waals surface area contributed by atoms with Crippen molar-refractivity contribution in [1.82, 2.24) is 15.1 Å². The smallest absolute Gasteiger partial charge is 0.0776 e. The standard InChI is InChI=1S/C16H31N3O/c1-8-17-14(15(20-7)16(4,5)6)11-13-9-10-19(18-13)12(2)3/h9-10,12,14-15,17H,8,11H2,1-7H3. The topological polar surface area (TPSA) is 39.1 Å². The average Bonchev–Trinajstić information content (AvgIpc) is 2.77. The number of rotatable bonds is 7. The summed E-state index contributed by atoms with van der Waals surface area (Å²) in [5.41, 5.74) is 1.22. The maximum absolute atomic E-state index is 5.76. The number of hydrogen-bond donors (Lipinski definition) is 1. The van der Waals surface area contributed by atoms with Crippen molar-refractivity contribution in [2.75, 3.05) is 13.7 Å². The van der Waals surface area contributed by atoms with Crippen LogP contribution in [0.4, 0.5) is 0 Å². The van der Waals surface area contributed by atoms with Gasteiger partial charge in [-0.3, -0.25) is 4.68 Å². The second-order valence-electron chi connectivity index (χ2n) is 6.77. The van der Waals surface area contributed by atoms with Crippen LogP contribution in [0.25, 0.3) is 0 Å². The number of ether oxygens (including phenoxy) is 1. The molecule has 1 rings (SSSR count). The van der Waals surface area contributed by atoms with Crippen molar-refractivity contribution >= 4 is 0 Å². The second kappa shape index (κ2) is 7.23. The van der Waals surface area contributed by atoms with Crippen molar-refractivity contribution in [3.05, 3.63) is 18.0 Å². The Bertz CT molecular complexity index is 393. The van der Waals surface area contributed by atoms with Crippen LogP contribution in [0.2, 0.25) is 0 Å². The van der Waals surface area contributed by atoms with Crippen molar-refractivity contribution in [3.63, 3.8) is 0 Å². The fourth-order valence-corrected chi connectivity index (χ4v) is 2.67. The normalized spacial score (nSPS) is 15.6. The first-order chi connectivity index (χ1) is 9.29. The molecule has 0 aromatic carbocycles. The molecule has 0 amide bonds. The number of hydrogen-bond acceptors (Lipinski definition) is 3. The van der Waals surface area contributed by atoms with Crippen molar-refractivity contribution < 1.29 is 4.74 Å². The fourth-order valence-electron chi connectivity index (χ4n) is 2.67. The zero-order valence-corrected chi connectivity index (χ0v) is 14.1. The third kappa shape index (κ3) is 4.60. The van der Waals surface area contributed by atoms with E-state index in [1.54, 1.807) is 7.11 Å². The molecule has 0 saturated heterocycles. The third-order valence-electron chi connectivity index (χ3n) is 3.56. The molecule has 0 radical (unpaired) electrons. The minimum Gasteiger partial charge on any atom is -0.379 e. The Morgan fingerprint density at radius 3 is 2.40 bits per heavy atom. The second-order valence-corrected chi connectivity index (χ2v) is 6.77. The molecule has 1 aromatic rings. The van der Waals surface area contributed by atoms with E-state index in [1.807, 2.05) is 4.68 Å². The van der Waals surface area contributed by atoms with Crippen LogP contribution < -0.4 is 5.32 Å².